The van der Waals surface area contributed by atoms with Crippen LogP contribution in [-0.2, 0) is 16.1 Å². The molecule has 10 nitrogen and oxygen atoms in total. The van der Waals surface area contributed by atoms with E-state index in [9.17, 15) is 19.5 Å². The number of amides is 1. The molecule has 1 spiro atoms. The molecule has 148 valence electrons. The summed E-state index contributed by atoms with van der Waals surface area (Å²) >= 11 is 0. The van der Waals surface area contributed by atoms with Crippen molar-refractivity contribution in [3.63, 3.8) is 0 Å². The second-order valence-corrected chi connectivity index (χ2v) is 7.52. The van der Waals surface area contributed by atoms with Crippen LogP contribution in [-0.4, -0.2) is 78.1 Å². The molecule has 1 unspecified atom stereocenters. The molecule has 10 heteroatoms. The second-order valence-electron chi connectivity index (χ2n) is 7.52. The number of carboxylic acids is 2. The maximum absolute atomic E-state index is 12.1. The zero-order valence-corrected chi connectivity index (χ0v) is 15.4. The SMILES string of the molecule is CN1C(=O)CC(C(=O)O)C12CCN(Cc1cnc3c(C(=O)O)cnn3c1)CC2. The van der Waals surface area contributed by atoms with E-state index >= 15 is 0 Å². The van der Waals surface area contributed by atoms with Gasteiger partial charge in [-0.2, -0.15) is 5.10 Å². The van der Waals surface area contributed by atoms with Crippen molar-refractivity contribution in [3.05, 3.63) is 29.7 Å². The van der Waals surface area contributed by atoms with E-state index in [0.29, 0.717) is 38.1 Å². The maximum Gasteiger partial charge on any atom is 0.341 e. The molecule has 28 heavy (non-hydrogen) atoms. The number of hydrogen-bond donors (Lipinski definition) is 2. The van der Waals surface area contributed by atoms with Crippen LogP contribution in [0.5, 0.6) is 0 Å². The zero-order chi connectivity index (χ0) is 20.1. The summed E-state index contributed by atoms with van der Waals surface area (Å²) in [5, 5.41) is 22.7. The first-order valence-corrected chi connectivity index (χ1v) is 9.09. The van der Waals surface area contributed by atoms with Crippen molar-refractivity contribution in [3.8, 4) is 0 Å². The van der Waals surface area contributed by atoms with Crippen LogP contribution < -0.4 is 0 Å². The average molecular weight is 387 g/mol. The lowest BCUT2D eigenvalue weighted by Crippen LogP contribution is -2.55. The first-order valence-electron chi connectivity index (χ1n) is 9.09. The molecule has 0 radical (unpaired) electrons. The van der Waals surface area contributed by atoms with Crippen LogP contribution in [0.1, 0.15) is 35.2 Å². The number of carbonyl (C=O) groups excluding carboxylic acids is 1. The molecule has 4 rings (SSSR count). The van der Waals surface area contributed by atoms with Gasteiger partial charge in [-0.15, -0.1) is 0 Å². The summed E-state index contributed by atoms with van der Waals surface area (Å²) in [5.74, 6) is -2.75. The van der Waals surface area contributed by atoms with Gasteiger partial charge >= 0.3 is 11.9 Å². The van der Waals surface area contributed by atoms with Crippen molar-refractivity contribution >= 4 is 23.5 Å². The minimum atomic E-state index is -1.07. The van der Waals surface area contributed by atoms with Crippen LogP contribution in [0.25, 0.3) is 5.65 Å². The predicted octanol–water partition coefficient (Wildman–Crippen LogP) is 0.325. The molecule has 2 aliphatic rings. The highest BCUT2D eigenvalue weighted by atomic mass is 16.4. The highest BCUT2D eigenvalue weighted by Crippen LogP contribution is 2.42. The Balaban J connectivity index is 1.47. The van der Waals surface area contributed by atoms with E-state index in [2.05, 4.69) is 15.0 Å². The van der Waals surface area contributed by atoms with Gasteiger partial charge in [0.1, 0.15) is 5.56 Å². The van der Waals surface area contributed by atoms with Gasteiger partial charge in [0.15, 0.2) is 5.65 Å². The lowest BCUT2D eigenvalue weighted by atomic mass is 9.77. The smallest absolute Gasteiger partial charge is 0.341 e. The third-order valence-electron chi connectivity index (χ3n) is 6.14. The molecule has 0 bridgehead atoms. The van der Waals surface area contributed by atoms with Gasteiger partial charge in [0, 0.05) is 51.1 Å². The van der Waals surface area contributed by atoms with Crippen molar-refractivity contribution < 1.29 is 24.6 Å². The largest absolute Gasteiger partial charge is 0.481 e. The zero-order valence-electron chi connectivity index (χ0n) is 15.4. The lowest BCUT2D eigenvalue weighted by Gasteiger charge is -2.45. The number of carbonyl (C=O) groups is 3. The number of likely N-dealkylation sites (tertiary alicyclic amines) is 2. The Morgan fingerprint density at radius 2 is 1.96 bits per heavy atom. The summed E-state index contributed by atoms with van der Waals surface area (Å²) in [4.78, 5) is 42.9. The molecule has 0 aromatic carbocycles. The molecular weight excluding hydrogens is 366 g/mol. The van der Waals surface area contributed by atoms with Crippen molar-refractivity contribution in [2.24, 2.45) is 5.92 Å². The van der Waals surface area contributed by atoms with Gasteiger partial charge in [0.25, 0.3) is 0 Å². The first-order chi connectivity index (χ1) is 13.3. The quantitative estimate of drug-likeness (QED) is 0.768. The van der Waals surface area contributed by atoms with Gasteiger partial charge in [-0.1, -0.05) is 0 Å². The first kappa shape index (κ1) is 18.4. The lowest BCUT2D eigenvalue weighted by molar-refractivity contribution is -0.146. The summed E-state index contributed by atoms with van der Waals surface area (Å²) in [5.41, 5.74) is 0.624. The number of aromatic carboxylic acids is 1. The Hall–Kier alpha value is -3.01. The van der Waals surface area contributed by atoms with E-state index < -0.39 is 23.4 Å². The minimum absolute atomic E-state index is 0.0557. The van der Waals surface area contributed by atoms with Crippen LogP contribution in [0.2, 0.25) is 0 Å². The highest BCUT2D eigenvalue weighted by Gasteiger charge is 2.55. The van der Waals surface area contributed by atoms with E-state index in [1.165, 1.54) is 10.7 Å². The molecule has 2 fully saturated rings. The summed E-state index contributed by atoms with van der Waals surface area (Å²) in [6.45, 7) is 1.93. The monoisotopic (exact) mass is 387 g/mol. The minimum Gasteiger partial charge on any atom is -0.481 e. The topological polar surface area (TPSA) is 128 Å². The Morgan fingerprint density at radius 1 is 1.25 bits per heavy atom. The van der Waals surface area contributed by atoms with E-state index in [1.807, 2.05) is 0 Å². The molecule has 2 aliphatic heterocycles. The number of aromatic nitrogens is 3. The van der Waals surface area contributed by atoms with E-state index in [4.69, 9.17) is 5.11 Å². The Labute approximate surface area is 160 Å². The van der Waals surface area contributed by atoms with E-state index in [1.54, 1.807) is 24.3 Å². The van der Waals surface area contributed by atoms with Crippen LogP contribution in [0, 0.1) is 5.92 Å². The van der Waals surface area contributed by atoms with Gasteiger partial charge in [-0.05, 0) is 12.8 Å². The molecule has 2 N–H and O–H groups in total. The van der Waals surface area contributed by atoms with Gasteiger partial charge in [0.2, 0.25) is 5.91 Å². The van der Waals surface area contributed by atoms with Crippen molar-refractivity contribution in [1.29, 1.82) is 0 Å². The number of nitrogens with zero attached hydrogens (tertiary/aromatic N) is 5. The third kappa shape index (κ3) is 2.80. The molecular formula is C18H21N5O5. The fourth-order valence-corrected chi connectivity index (χ4v) is 4.49. The molecule has 0 saturated carbocycles. The molecule has 0 aliphatic carbocycles. The number of fused-ring (bicyclic) bond motifs is 1. The van der Waals surface area contributed by atoms with Crippen LogP contribution in [0.3, 0.4) is 0 Å². The van der Waals surface area contributed by atoms with E-state index in [0.717, 1.165) is 5.56 Å². The standard InChI is InChI=1S/C18H21N5O5/c1-21-14(24)6-13(17(27)28)18(21)2-4-22(5-3-18)9-11-7-19-15-12(16(25)26)8-20-23(15)10-11/h7-8,10,13H,2-6,9H2,1H3,(H,25,26)(H,27,28). The molecule has 1 amide bonds. The average Bonchev–Trinajstić information content (AvgIpc) is 3.18. The summed E-state index contributed by atoms with van der Waals surface area (Å²) in [6.07, 6.45) is 5.94. The van der Waals surface area contributed by atoms with Gasteiger partial charge in [-0.3, -0.25) is 14.5 Å². The predicted molar refractivity (Wildman–Crippen MR) is 95.7 cm³/mol. The number of carboxylic acid groups (broad SMARTS) is 2. The summed E-state index contributed by atoms with van der Waals surface area (Å²) in [6, 6.07) is 0. The maximum atomic E-state index is 12.1. The van der Waals surface area contributed by atoms with Crippen LogP contribution >= 0.6 is 0 Å². The normalized spacial score (nSPS) is 22.2. The Bertz CT molecular complexity index is 962. The summed E-state index contributed by atoms with van der Waals surface area (Å²) < 4.78 is 1.45. The van der Waals surface area contributed by atoms with Crippen molar-refractivity contribution in [1.82, 2.24) is 24.4 Å². The molecule has 4 heterocycles. The van der Waals surface area contributed by atoms with Gasteiger partial charge in [-0.25, -0.2) is 14.3 Å². The van der Waals surface area contributed by atoms with Gasteiger partial charge < -0.3 is 15.1 Å². The Kier molecular flexibility index (Phi) is 4.30. The number of rotatable bonds is 4. The Morgan fingerprint density at radius 3 is 2.61 bits per heavy atom. The van der Waals surface area contributed by atoms with Crippen molar-refractivity contribution in [2.45, 2.75) is 31.3 Å². The molecule has 2 saturated heterocycles. The fraction of sp³-hybridized carbons (Fsp3) is 0.500. The fourth-order valence-electron chi connectivity index (χ4n) is 4.49. The van der Waals surface area contributed by atoms with E-state index in [-0.39, 0.29) is 17.9 Å². The third-order valence-corrected chi connectivity index (χ3v) is 6.14. The van der Waals surface area contributed by atoms with Crippen LogP contribution in [0.4, 0.5) is 0 Å². The molecule has 2 aromatic rings. The van der Waals surface area contributed by atoms with Crippen LogP contribution in [0.15, 0.2) is 18.6 Å². The molecule has 2 aromatic heterocycles. The van der Waals surface area contributed by atoms with Crippen molar-refractivity contribution in [2.75, 3.05) is 20.1 Å². The second kappa shape index (κ2) is 6.55. The van der Waals surface area contributed by atoms with Gasteiger partial charge in [0.05, 0.1) is 17.7 Å². The number of hydrogen-bond acceptors (Lipinski definition) is 6. The highest BCUT2D eigenvalue weighted by molar-refractivity contribution is 5.94. The number of aliphatic carboxylic acids is 1. The summed E-state index contributed by atoms with van der Waals surface area (Å²) in [7, 11) is 1.70. The molecule has 1 atom stereocenters. The number of piperidine rings is 1.